The van der Waals surface area contributed by atoms with E-state index >= 15 is 4.39 Å². The number of methoxy groups -OCH3 is 1. The van der Waals surface area contributed by atoms with Crippen molar-refractivity contribution in [2.24, 2.45) is 0 Å². The van der Waals surface area contributed by atoms with Crippen LogP contribution in [-0.4, -0.2) is 73.5 Å². The van der Waals surface area contributed by atoms with Crippen LogP contribution in [0.1, 0.15) is 29.5 Å². The summed E-state index contributed by atoms with van der Waals surface area (Å²) in [6, 6.07) is 12.3. The number of amides is 5. The highest BCUT2D eigenvalue weighted by Crippen LogP contribution is 2.37. The third-order valence-electron chi connectivity index (χ3n) is 8.45. The number of hydrogen-bond acceptors (Lipinski definition) is 7. The molecule has 0 aliphatic carbocycles. The molecule has 2 heterocycles. The molecule has 3 aromatic rings. The Bertz CT molecular complexity index is 1680. The zero-order chi connectivity index (χ0) is 32.4. The highest BCUT2D eigenvalue weighted by molar-refractivity contribution is 6.15. The smallest absolute Gasteiger partial charge is 0.340 e. The van der Waals surface area contributed by atoms with Gasteiger partial charge in [-0.2, -0.15) is 0 Å². The number of carbonyl (C=O) groups is 4. The van der Waals surface area contributed by atoms with Crippen LogP contribution in [0, 0.1) is 19.7 Å². The largest absolute Gasteiger partial charge is 0.496 e. The maximum Gasteiger partial charge on any atom is 0.340 e. The minimum absolute atomic E-state index is 0.0838. The Morgan fingerprint density at radius 1 is 1.02 bits per heavy atom. The maximum absolute atomic E-state index is 15.6. The predicted octanol–water partition coefficient (Wildman–Crippen LogP) is 3.49. The highest BCUT2D eigenvalue weighted by Gasteiger charge is 2.39. The van der Waals surface area contributed by atoms with E-state index in [1.807, 2.05) is 38.1 Å². The van der Waals surface area contributed by atoms with Crippen LogP contribution in [0.25, 0.3) is 22.3 Å². The van der Waals surface area contributed by atoms with Crippen molar-refractivity contribution in [1.82, 2.24) is 26.0 Å². The summed E-state index contributed by atoms with van der Waals surface area (Å²) >= 11 is 0. The summed E-state index contributed by atoms with van der Waals surface area (Å²) in [7, 11) is 4.26. The summed E-state index contributed by atoms with van der Waals surface area (Å²) in [5, 5.41) is 9.90. The molecule has 2 aliphatic rings. The van der Waals surface area contributed by atoms with Gasteiger partial charge < -0.3 is 20.7 Å². The lowest BCUT2D eigenvalue weighted by molar-refractivity contribution is -0.139. The number of hydrazine groups is 1. The number of rotatable bonds is 8. The second kappa shape index (κ2) is 13.0. The van der Waals surface area contributed by atoms with Gasteiger partial charge in [-0.3, -0.25) is 24.3 Å². The second-order valence-electron chi connectivity index (χ2n) is 11.3. The molecule has 45 heavy (non-hydrogen) atoms. The van der Waals surface area contributed by atoms with E-state index in [2.05, 4.69) is 21.4 Å². The van der Waals surface area contributed by atoms with Crippen LogP contribution in [0.2, 0.25) is 0 Å². The van der Waals surface area contributed by atoms with Gasteiger partial charge in [-0.25, -0.2) is 14.6 Å². The van der Waals surface area contributed by atoms with Crippen LogP contribution in [0.5, 0.6) is 5.75 Å². The van der Waals surface area contributed by atoms with Gasteiger partial charge in [0.25, 0.3) is 11.8 Å². The third kappa shape index (κ3) is 6.24. The number of likely N-dealkylation sites (N-methyl/N-ethyl adjacent to an activating group) is 1. The fourth-order valence-corrected chi connectivity index (χ4v) is 5.81. The van der Waals surface area contributed by atoms with Gasteiger partial charge in [-0.1, -0.05) is 30.3 Å². The molecule has 5 rings (SSSR count). The molecule has 4 N–H and O–H groups in total. The van der Waals surface area contributed by atoms with Gasteiger partial charge >= 0.3 is 6.03 Å². The molecule has 3 aromatic carbocycles. The summed E-state index contributed by atoms with van der Waals surface area (Å²) in [4.78, 5) is 50.8. The zero-order valence-electron chi connectivity index (χ0n) is 25.9. The number of imide groups is 1. The molecule has 1 unspecified atom stereocenters. The van der Waals surface area contributed by atoms with E-state index in [9.17, 15) is 19.2 Å². The minimum Gasteiger partial charge on any atom is -0.496 e. The van der Waals surface area contributed by atoms with Crippen molar-refractivity contribution in [1.29, 1.82) is 0 Å². The first-order valence-electron chi connectivity index (χ1n) is 14.7. The Labute approximate surface area is 261 Å². The van der Waals surface area contributed by atoms with Crippen LogP contribution in [0.4, 0.5) is 14.9 Å². The number of carbonyl (C=O) groups excluding carboxylic acids is 4. The van der Waals surface area contributed by atoms with Crippen molar-refractivity contribution in [2.75, 3.05) is 33.1 Å². The van der Waals surface area contributed by atoms with Crippen LogP contribution in [0.15, 0.2) is 48.5 Å². The Kier molecular flexibility index (Phi) is 9.16. The molecule has 2 fully saturated rings. The van der Waals surface area contributed by atoms with E-state index in [1.165, 1.54) is 27.3 Å². The van der Waals surface area contributed by atoms with Gasteiger partial charge in [0, 0.05) is 38.4 Å². The molecule has 0 bridgehead atoms. The molecular formula is C33H37FN6O5. The Hall–Kier alpha value is -4.81. The number of benzene rings is 3. The summed E-state index contributed by atoms with van der Waals surface area (Å²) in [6.07, 6.45) is 1.55. The van der Waals surface area contributed by atoms with Crippen molar-refractivity contribution in [3.05, 3.63) is 71.0 Å². The van der Waals surface area contributed by atoms with Gasteiger partial charge in [-0.05, 0) is 78.3 Å². The van der Waals surface area contributed by atoms with Gasteiger partial charge in [0.1, 0.15) is 11.6 Å². The molecule has 0 radical (unpaired) electrons. The number of halogens is 1. The van der Waals surface area contributed by atoms with E-state index in [1.54, 1.807) is 18.2 Å². The molecule has 0 saturated carbocycles. The van der Waals surface area contributed by atoms with E-state index in [0.29, 0.717) is 35.5 Å². The molecule has 12 heteroatoms. The van der Waals surface area contributed by atoms with Gasteiger partial charge in [0.2, 0.25) is 5.91 Å². The quantitative estimate of drug-likeness (QED) is 0.285. The fraction of sp³-hybridized carbons (Fsp3) is 0.333. The topological polar surface area (TPSA) is 132 Å². The Morgan fingerprint density at radius 2 is 1.71 bits per heavy atom. The van der Waals surface area contributed by atoms with E-state index < -0.39 is 29.7 Å². The summed E-state index contributed by atoms with van der Waals surface area (Å²) < 4.78 is 21.1. The summed E-state index contributed by atoms with van der Waals surface area (Å²) in [5.41, 5.74) is 8.31. The SMILES string of the molecule is COc1cc(-c2cccc(-c3cccc(NC(=O)C4NN(C)C(=O)N(C)C4=O)c3C)c2C)cc(F)c1CN[C@@H]1CCCNC1=O. The van der Waals surface area contributed by atoms with E-state index in [4.69, 9.17) is 4.74 Å². The first-order chi connectivity index (χ1) is 21.5. The molecule has 2 atom stereocenters. The van der Waals surface area contributed by atoms with Gasteiger partial charge in [0.15, 0.2) is 6.04 Å². The predicted molar refractivity (Wildman–Crippen MR) is 168 cm³/mol. The van der Waals surface area contributed by atoms with Crippen molar-refractivity contribution >= 4 is 29.4 Å². The van der Waals surface area contributed by atoms with Crippen LogP contribution < -0.4 is 26.1 Å². The third-order valence-corrected chi connectivity index (χ3v) is 8.45. The molecule has 0 spiro atoms. The van der Waals surface area contributed by atoms with Crippen LogP contribution in [0.3, 0.4) is 0 Å². The standard InChI is InChI=1S/C33H37FN6O5/c1-18-21(20-15-25(34)24(28(16-20)45-5)17-36-27-13-8-14-35-30(27)41)9-6-10-22(18)23-11-7-12-26(19(23)2)37-31(42)29-32(43)39(3)33(44)40(4)38-29/h6-7,9-12,15-16,27,29,36,38H,8,13-14,17H2,1-5H3,(H,35,41)(H,37,42)/t27-,29?/m1/s1. The highest BCUT2D eigenvalue weighted by atomic mass is 19.1. The average molecular weight is 617 g/mol. The van der Waals surface area contributed by atoms with E-state index in [-0.39, 0.29) is 18.5 Å². The molecular weight excluding hydrogens is 579 g/mol. The maximum atomic E-state index is 15.6. The Balaban J connectivity index is 1.41. The van der Waals surface area contributed by atoms with Crippen molar-refractivity contribution in [2.45, 2.75) is 45.3 Å². The van der Waals surface area contributed by atoms with Gasteiger partial charge in [0.05, 0.1) is 13.2 Å². The minimum atomic E-state index is -1.27. The number of nitrogens with zero attached hydrogens (tertiary/aromatic N) is 2. The normalized spacial score (nSPS) is 18.6. The molecule has 2 saturated heterocycles. The Morgan fingerprint density at radius 3 is 2.42 bits per heavy atom. The second-order valence-corrected chi connectivity index (χ2v) is 11.3. The van der Waals surface area contributed by atoms with Gasteiger partial charge in [-0.15, -0.1) is 0 Å². The molecule has 236 valence electrons. The number of ether oxygens (including phenoxy) is 1. The molecule has 11 nitrogen and oxygen atoms in total. The van der Waals surface area contributed by atoms with Crippen LogP contribution >= 0.6 is 0 Å². The fourth-order valence-electron chi connectivity index (χ4n) is 5.81. The average Bonchev–Trinajstić information content (AvgIpc) is 3.02. The molecule has 5 amide bonds. The molecule has 0 aromatic heterocycles. The lowest BCUT2D eigenvalue weighted by Gasteiger charge is -2.34. The monoisotopic (exact) mass is 616 g/mol. The van der Waals surface area contributed by atoms with Crippen molar-refractivity contribution in [3.63, 3.8) is 0 Å². The summed E-state index contributed by atoms with van der Waals surface area (Å²) in [5.74, 6) is -1.40. The van der Waals surface area contributed by atoms with Crippen molar-refractivity contribution < 1.29 is 28.3 Å². The lowest BCUT2D eigenvalue weighted by Crippen LogP contribution is -2.66. The van der Waals surface area contributed by atoms with Crippen LogP contribution in [-0.2, 0) is 20.9 Å². The van der Waals surface area contributed by atoms with E-state index in [0.717, 1.165) is 44.1 Å². The lowest BCUT2D eigenvalue weighted by atomic mass is 9.90. The number of nitrogens with one attached hydrogen (secondary N) is 4. The number of urea groups is 1. The van der Waals surface area contributed by atoms with Crippen molar-refractivity contribution in [3.8, 4) is 28.0 Å². The number of anilines is 1. The number of piperidine rings is 1. The number of hydrogen-bond donors (Lipinski definition) is 4. The first-order valence-corrected chi connectivity index (χ1v) is 14.7. The zero-order valence-corrected chi connectivity index (χ0v) is 25.9. The summed E-state index contributed by atoms with van der Waals surface area (Å²) in [6.45, 7) is 4.61. The molecule has 2 aliphatic heterocycles. The first kappa shape index (κ1) is 31.6.